The van der Waals surface area contributed by atoms with Gasteiger partial charge in [0.1, 0.15) is 28.8 Å². The molecule has 0 aliphatic carbocycles. The zero-order valence-corrected chi connectivity index (χ0v) is 17.6. The summed E-state index contributed by atoms with van der Waals surface area (Å²) >= 11 is 0.803. The van der Waals surface area contributed by atoms with Crippen LogP contribution in [0.25, 0.3) is 16.6 Å². The number of rotatable bonds is 7. The maximum atomic E-state index is 14.6. The van der Waals surface area contributed by atoms with E-state index in [1.807, 2.05) is 25.1 Å². The molecular weight excluding hydrogens is 439 g/mol. The van der Waals surface area contributed by atoms with Crippen LogP contribution in [0.4, 0.5) is 4.39 Å². The summed E-state index contributed by atoms with van der Waals surface area (Å²) in [5, 5.41) is 10.5. The molecule has 32 heavy (non-hydrogen) atoms. The van der Waals surface area contributed by atoms with E-state index in [2.05, 4.69) is 4.98 Å². The molecule has 0 amide bonds. The van der Waals surface area contributed by atoms with Crippen molar-refractivity contribution in [3.63, 3.8) is 0 Å². The Morgan fingerprint density at radius 1 is 1.19 bits per heavy atom. The van der Waals surface area contributed by atoms with Crippen LogP contribution in [0.2, 0.25) is 0 Å². The van der Waals surface area contributed by atoms with E-state index >= 15 is 0 Å². The summed E-state index contributed by atoms with van der Waals surface area (Å²) in [6, 6.07) is 10.9. The van der Waals surface area contributed by atoms with E-state index in [4.69, 9.17) is 9.47 Å². The van der Waals surface area contributed by atoms with Gasteiger partial charge in [0.15, 0.2) is 0 Å². The molecule has 0 spiro atoms. The molecule has 2 heterocycles. The Morgan fingerprint density at radius 2 is 1.97 bits per heavy atom. The van der Waals surface area contributed by atoms with Crippen LogP contribution in [0.15, 0.2) is 57.4 Å². The van der Waals surface area contributed by atoms with E-state index in [0.29, 0.717) is 16.9 Å². The third-order valence-corrected chi connectivity index (χ3v) is 5.64. The predicted molar refractivity (Wildman–Crippen MR) is 117 cm³/mol. The van der Waals surface area contributed by atoms with Gasteiger partial charge in [-0.1, -0.05) is 18.2 Å². The van der Waals surface area contributed by atoms with E-state index in [-0.39, 0.29) is 33.8 Å². The van der Waals surface area contributed by atoms with Gasteiger partial charge in [-0.05, 0) is 25.1 Å². The highest BCUT2D eigenvalue weighted by Crippen LogP contribution is 2.25. The molecule has 0 atom stereocenters. The van der Waals surface area contributed by atoms with Gasteiger partial charge in [-0.15, -0.1) is 11.3 Å². The Labute approximate surface area is 184 Å². The first-order valence-corrected chi connectivity index (χ1v) is 10.4. The average molecular weight is 456 g/mol. The second-order valence-electron chi connectivity index (χ2n) is 6.67. The molecular formula is C22H17FN2O6S. The molecule has 0 radical (unpaired) electrons. The molecule has 0 saturated heterocycles. The van der Waals surface area contributed by atoms with Gasteiger partial charge < -0.3 is 19.6 Å². The molecule has 164 valence electrons. The van der Waals surface area contributed by atoms with Gasteiger partial charge >= 0.3 is 11.7 Å². The highest BCUT2D eigenvalue weighted by Gasteiger charge is 2.20. The first-order valence-electron chi connectivity index (χ1n) is 9.54. The van der Waals surface area contributed by atoms with Gasteiger partial charge in [0.25, 0.3) is 5.56 Å². The number of nitrogens with one attached hydrogen (secondary N) is 1. The van der Waals surface area contributed by atoms with Crippen LogP contribution >= 0.6 is 11.3 Å². The Bertz CT molecular complexity index is 1440. The molecule has 0 bridgehead atoms. The normalized spacial score (nSPS) is 10.9. The average Bonchev–Trinajstić information content (AvgIpc) is 3.19. The number of carboxylic acids is 1. The molecule has 0 unspecified atom stereocenters. The zero-order chi connectivity index (χ0) is 22.8. The minimum Gasteiger partial charge on any atom is -0.493 e. The lowest BCUT2D eigenvalue weighted by Gasteiger charge is -2.13. The van der Waals surface area contributed by atoms with Crippen LogP contribution in [-0.2, 0) is 6.61 Å². The van der Waals surface area contributed by atoms with Gasteiger partial charge in [0.05, 0.1) is 23.2 Å². The molecule has 2 N–H and O–H groups in total. The highest BCUT2D eigenvalue weighted by molar-refractivity contribution is 7.13. The topological polar surface area (TPSA) is 111 Å². The van der Waals surface area contributed by atoms with Crippen molar-refractivity contribution in [3.05, 3.63) is 84.9 Å². The second kappa shape index (κ2) is 8.67. The van der Waals surface area contributed by atoms with Crippen LogP contribution in [0.1, 0.15) is 22.2 Å². The van der Waals surface area contributed by atoms with Crippen LogP contribution in [0, 0.1) is 5.82 Å². The number of nitrogens with zero attached hydrogens (tertiary/aromatic N) is 1. The number of carbonyl (C=O) groups is 1. The summed E-state index contributed by atoms with van der Waals surface area (Å²) in [7, 11) is 0. The van der Waals surface area contributed by atoms with Gasteiger partial charge in [-0.3, -0.25) is 4.79 Å². The van der Waals surface area contributed by atoms with Crippen LogP contribution in [0.3, 0.4) is 0 Å². The maximum absolute atomic E-state index is 14.6. The van der Waals surface area contributed by atoms with Crippen molar-refractivity contribution >= 4 is 28.2 Å². The Morgan fingerprint density at radius 3 is 2.72 bits per heavy atom. The fraction of sp³-hybridized carbons (Fsp3) is 0.136. The standard InChI is InChI=1S/C22H17FN2O6S/c1-2-30-17-6-4-3-5-12(17)10-31-13-7-8-14(23)16(9-13)25-20(26)18-15(24-22(25)29)11-32-19(18)21(27)28/h3-9,11H,2,10H2,1H3,(H,24,29)(H,27,28). The van der Waals surface area contributed by atoms with Crippen LogP contribution in [0.5, 0.6) is 11.5 Å². The number of aromatic nitrogens is 2. The molecule has 0 saturated carbocycles. The molecule has 0 aliphatic heterocycles. The van der Waals surface area contributed by atoms with Crippen molar-refractivity contribution in [3.8, 4) is 17.2 Å². The minimum atomic E-state index is -1.31. The van der Waals surface area contributed by atoms with Crippen molar-refractivity contribution in [2.24, 2.45) is 0 Å². The first kappa shape index (κ1) is 21.3. The third kappa shape index (κ3) is 3.87. The Balaban J connectivity index is 1.75. The van der Waals surface area contributed by atoms with Crippen molar-refractivity contribution in [1.29, 1.82) is 0 Å². The number of thiophene rings is 1. The summed E-state index contributed by atoms with van der Waals surface area (Å²) in [6.45, 7) is 2.45. The van der Waals surface area contributed by atoms with Crippen molar-refractivity contribution < 1.29 is 23.8 Å². The van der Waals surface area contributed by atoms with E-state index < -0.39 is 23.0 Å². The van der Waals surface area contributed by atoms with E-state index in [1.165, 1.54) is 17.5 Å². The van der Waals surface area contributed by atoms with Gasteiger partial charge in [-0.25, -0.2) is 18.5 Å². The Hall–Kier alpha value is -3.92. The van der Waals surface area contributed by atoms with Crippen LogP contribution < -0.4 is 20.7 Å². The minimum absolute atomic E-state index is 0.0824. The SMILES string of the molecule is CCOc1ccccc1COc1ccc(F)c(-n2c(=O)[nH]c3csc(C(=O)O)c3c2=O)c1. The molecule has 0 fully saturated rings. The number of carboxylic acid groups (broad SMARTS) is 1. The van der Waals surface area contributed by atoms with Crippen LogP contribution in [-0.4, -0.2) is 27.2 Å². The maximum Gasteiger partial charge on any atom is 0.346 e. The molecule has 10 heteroatoms. The summed E-state index contributed by atoms with van der Waals surface area (Å²) in [4.78, 5) is 39.1. The number of fused-ring (bicyclic) bond motifs is 1. The van der Waals surface area contributed by atoms with Gasteiger partial charge in [-0.2, -0.15) is 0 Å². The molecule has 8 nitrogen and oxygen atoms in total. The summed E-state index contributed by atoms with van der Waals surface area (Å²) in [5.74, 6) is -1.30. The Kier molecular flexibility index (Phi) is 5.78. The zero-order valence-electron chi connectivity index (χ0n) is 16.8. The molecule has 2 aromatic heterocycles. The number of ether oxygens (including phenoxy) is 2. The number of hydrogen-bond donors (Lipinski definition) is 2. The molecule has 2 aromatic carbocycles. The number of hydrogen-bond acceptors (Lipinski definition) is 6. The number of para-hydroxylation sites is 1. The van der Waals surface area contributed by atoms with Gasteiger partial charge in [0, 0.05) is 17.0 Å². The summed E-state index contributed by atoms with van der Waals surface area (Å²) < 4.78 is 26.5. The number of aromatic carboxylic acids is 1. The monoisotopic (exact) mass is 456 g/mol. The van der Waals surface area contributed by atoms with E-state index in [9.17, 15) is 23.9 Å². The molecule has 4 aromatic rings. The predicted octanol–water partition coefficient (Wildman–Crippen LogP) is 3.56. The van der Waals surface area contributed by atoms with Crippen molar-refractivity contribution in [1.82, 2.24) is 9.55 Å². The third-order valence-electron chi connectivity index (χ3n) is 4.67. The summed E-state index contributed by atoms with van der Waals surface area (Å²) in [5.41, 5.74) is -1.33. The van der Waals surface area contributed by atoms with Crippen molar-refractivity contribution in [2.75, 3.05) is 6.61 Å². The van der Waals surface area contributed by atoms with E-state index in [0.717, 1.165) is 23.0 Å². The number of halogens is 1. The lowest BCUT2D eigenvalue weighted by Crippen LogP contribution is -2.34. The van der Waals surface area contributed by atoms with Gasteiger partial charge in [0.2, 0.25) is 0 Å². The largest absolute Gasteiger partial charge is 0.493 e. The first-order chi connectivity index (χ1) is 15.4. The quantitative estimate of drug-likeness (QED) is 0.440. The van der Waals surface area contributed by atoms with E-state index in [1.54, 1.807) is 6.07 Å². The number of benzene rings is 2. The fourth-order valence-corrected chi connectivity index (χ4v) is 4.08. The lowest BCUT2D eigenvalue weighted by molar-refractivity contribution is 0.0704. The summed E-state index contributed by atoms with van der Waals surface area (Å²) in [6.07, 6.45) is 0. The van der Waals surface area contributed by atoms with Crippen molar-refractivity contribution in [2.45, 2.75) is 13.5 Å². The molecule has 4 rings (SSSR count). The highest BCUT2D eigenvalue weighted by atomic mass is 32.1. The lowest BCUT2D eigenvalue weighted by atomic mass is 10.2. The second-order valence-corrected chi connectivity index (χ2v) is 7.55. The number of aromatic amines is 1. The fourth-order valence-electron chi connectivity index (χ4n) is 3.25. The smallest absolute Gasteiger partial charge is 0.346 e. The molecule has 0 aliphatic rings. The number of H-pyrrole nitrogens is 1.